The van der Waals surface area contributed by atoms with Crippen LogP contribution in [0.5, 0.6) is 5.75 Å². The molecule has 0 fully saturated rings. The number of hydrogen-bond acceptors (Lipinski definition) is 3. The van der Waals surface area contributed by atoms with Gasteiger partial charge in [0.25, 0.3) is 5.91 Å². The molecule has 5 heteroatoms. The van der Waals surface area contributed by atoms with Crippen molar-refractivity contribution in [1.82, 2.24) is 5.32 Å². The lowest BCUT2D eigenvalue weighted by Gasteiger charge is -2.11. The molecule has 0 aliphatic rings. The summed E-state index contributed by atoms with van der Waals surface area (Å²) in [6, 6.07) is 6.35. The van der Waals surface area contributed by atoms with Crippen LogP contribution in [0.4, 0.5) is 0 Å². The van der Waals surface area contributed by atoms with Crippen LogP contribution in [0, 0.1) is 5.92 Å². The maximum Gasteiger partial charge on any atom is 0.303 e. The van der Waals surface area contributed by atoms with E-state index in [1.54, 1.807) is 18.2 Å². The highest BCUT2D eigenvalue weighted by atomic mass is 16.4. The summed E-state index contributed by atoms with van der Waals surface area (Å²) in [5.41, 5.74) is 0.251. The van der Waals surface area contributed by atoms with Gasteiger partial charge in [0.15, 0.2) is 0 Å². The van der Waals surface area contributed by atoms with Crippen LogP contribution in [-0.2, 0) is 4.79 Å². The summed E-state index contributed by atoms with van der Waals surface area (Å²) in [4.78, 5) is 22.2. The third-order valence-electron chi connectivity index (χ3n) is 2.92. The summed E-state index contributed by atoms with van der Waals surface area (Å²) < 4.78 is 0. The van der Waals surface area contributed by atoms with Crippen molar-refractivity contribution in [2.75, 3.05) is 6.54 Å². The summed E-state index contributed by atoms with van der Waals surface area (Å²) in [5.74, 6) is -0.923. The van der Waals surface area contributed by atoms with Gasteiger partial charge in [-0.05, 0) is 30.9 Å². The summed E-state index contributed by atoms with van der Waals surface area (Å²) >= 11 is 0. The van der Waals surface area contributed by atoms with E-state index < -0.39 is 5.97 Å². The largest absolute Gasteiger partial charge is 0.507 e. The van der Waals surface area contributed by atoms with E-state index in [2.05, 4.69) is 5.32 Å². The number of carbonyl (C=O) groups excluding carboxylic acids is 1. The van der Waals surface area contributed by atoms with E-state index >= 15 is 0 Å². The molecule has 0 aliphatic heterocycles. The fraction of sp³-hybridized carbons (Fsp3) is 0.429. The SMILES string of the molecule is CC(CCNC(=O)c1ccccc1O)CCC(=O)O. The van der Waals surface area contributed by atoms with Gasteiger partial charge in [-0.1, -0.05) is 19.1 Å². The molecule has 1 aromatic carbocycles. The number of aliphatic carboxylic acids is 1. The maximum atomic E-state index is 11.7. The molecule has 1 rings (SSSR count). The average Bonchev–Trinajstić information content (AvgIpc) is 2.36. The molecule has 104 valence electrons. The van der Waals surface area contributed by atoms with Crippen LogP contribution in [-0.4, -0.2) is 28.6 Å². The lowest BCUT2D eigenvalue weighted by Crippen LogP contribution is -2.25. The highest BCUT2D eigenvalue weighted by Gasteiger charge is 2.10. The van der Waals surface area contributed by atoms with Crippen molar-refractivity contribution in [2.45, 2.75) is 26.2 Å². The Bertz CT molecular complexity index is 445. The van der Waals surface area contributed by atoms with Gasteiger partial charge in [0.1, 0.15) is 5.75 Å². The van der Waals surface area contributed by atoms with Crippen molar-refractivity contribution in [3.8, 4) is 5.75 Å². The van der Waals surface area contributed by atoms with Crippen molar-refractivity contribution >= 4 is 11.9 Å². The topological polar surface area (TPSA) is 86.6 Å². The van der Waals surface area contributed by atoms with Crippen molar-refractivity contribution in [3.05, 3.63) is 29.8 Å². The number of aromatic hydroxyl groups is 1. The van der Waals surface area contributed by atoms with E-state index in [0.717, 1.165) is 0 Å². The standard InChI is InChI=1S/C14H19NO4/c1-10(6-7-13(17)18)8-9-15-14(19)11-4-2-3-5-12(11)16/h2-5,10,16H,6-9H2,1H3,(H,15,19)(H,17,18). The number of carboxylic acid groups (broad SMARTS) is 1. The quantitative estimate of drug-likeness (QED) is 0.704. The molecule has 0 radical (unpaired) electrons. The number of nitrogens with one attached hydrogen (secondary N) is 1. The Labute approximate surface area is 112 Å². The number of benzene rings is 1. The average molecular weight is 265 g/mol. The minimum absolute atomic E-state index is 0.0427. The van der Waals surface area contributed by atoms with Gasteiger partial charge in [-0.2, -0.15) is 0 Å². The predicted molar refractivity (Wildman–Crippen MR) is 71.1 cm³/mol. The molecule has 0 saturated heterocycles. The molecule has 0 aromatic heterocycles. The number of phenolic OH excluding ortho intramolecular Hbond substituents is 1. The number of para-hydroxylation sites is 1. The van der Waals surface area contributed by atoms with Gasteiger partial charge in [0, 0.05) is 13.0 Å². The van der Waals surface area contributed by atoms with Crippen LogP contribution in [0.1, 0.15) is 36.5 Å². The fourth-order valence-corrected chi connectivity index (χ4v) is 1.71. The van der Waals surface area contributed by atoms with E-state index in [-0.39, 0.29) is 29.6 Å². The monoisotopic (exact) mass is 265 g/mol. The summed E-state index contributed by atoms with van der Waals surface area (Å²) in [7, 11) is 0. The molecule has 1 unspecified atom stereocenters. The number of phenols is 1. The fourth-order valence-electron chi connectivity index (χ4n) is 1.71. The summed E-state index contributed by atoms with van der Waals surface area (Å²) in [6.07, 6.45) is 1.46. The minimum atomic E-state index is -0.801. The van der Waals surface area contributed by atoms with Gasteiger partial charge >= 0.3 is 5.97 Å². The zero-order valence-electron chi connectivity index (χ0n) is 10.9. The molecule has 0 spiro atoms. The van der Waals surface area contributed by atoms with Crippen molar-refractivity contribution < 1.29 is 19.8 Å². The Balaban J connectivity index is 2.31. The second-order valence-electron chi connectivity index (χ2n) is 4.60. The highest BCUT2D eigenvalue weighted by molar-refractivity contribution is 5.96. The second kappa shape index (κ2) is 7.41. The highest BCUT2D eigenvalue weighted by Crippen LogP contribution is 2.15. The van der Waals surface area contributed by atoms with Crippen LogP contribution >= 0.6 is 0 Å². The molecular weight excluding hydrogens is 246 g/mol. The van der Waals surface area contributed by atoms with Gasteiger partial charge < -0.3 is 15.5 Å². The normalized spacial score (nSPS) is 11.8. The van der Waals surface area contributed by atoms with E-state index in [4.69, 9.17) is 5.11 Å². The van der Waals surface area contributed by atoms with E-state index in [1.807, 2.05) is 6.92 Å². The molecule has 0 aliphatic carbocycles. The van der Waals surface area contributed by atoms with E-state index in [1.165, 1.54) is 6.07 Å². The Kier molecular flexibility index (Phi) is 5.85. The Morgan fingerprint density at radius 2 is 1.95 bits per heavy atom. The zero-order chi connectivity index (χ0) is 14.3. The summed E-state index contributed by atoms with van der Waals surface area (Å²) in [6.45, 7) is 2.42. The van der Waals surface area contributed by atoms with Crippen LogP contribution in [0.15, 0.2) is 24.3 Å². The second-order valence-corrected chi connectivity index (χ2v) is 4.60. The molecule has 5 nitrogen and oxygen atoms in total. The molecule has 1 atom stereocenters. The van der Waals surface area contributed by atoms with Crippen LogP contribution in [0.2, 0.25) is 0 Å². The Morgan fingerprint density at radius 1 is 1.26 bits per heavy atom. The van der Waals surface area contributed by atoms with Gasteiger partial charge in [-0.3, -0.25) is 9.59 Å². The van der Waals surface area contributed by atoms with Gasteiger partial charge in [-0.15, -0.1) is 0 Å². The molecule has 19 heavy (non-hydrogen) atoms. The van der Waals surface area contributed by atoms with E-state index in [9.17, 15) is 14.7 Å². The minimum Gasteiger partial charge on any atom is -0.507 e. The molecule has 0 bridgehead atoms. The summed E-state index contributed by atoms with van der Waals surface area (Å²) in [5, 5.41) is 20.8. The third-order valence-corrected chi connectivity index (χ3v) is 2.92. The number of carbonyl (C=O) groups is 2. The molecule has 3 N–H and O–H groups in total. The first-order valence-corrected chi connectivity index (χ1v) is 6.28. The molecule has 0 heterocycles. The Morgan fingerprint density at radius 3 is 2.58 bits per heavy atom. The van der Waals surface area contributed by atoms with Gasteiger partial charge in [0.2, 0.25) is 0 Å². The van der Waals surface area contributed by atoms with Crippen LogP contribution in [0.25, 0.3) is 0 Å². The number of hydrogen-bond donors (Lipinski definition) is 3. The maximum absolute atomic E-state index is 11.7. The zero-order valence-corrected chi connectivity index (χ0v) is 10.9. The lowest BCUT2D eigenvalue weighted by atomic mass is 10.0. The molecule has 1 amide bonds. The molecule has 1 aromatic rings. The Hall–Kier alpha value is -2.04. The first kappa shape index (κ1) is 15.0. The molecule has 0 saturated carbocycles. The van der Waals surface area contributed by atoms with Crippen molar-refractivity contribution in [1.29, 1.82) is 0 Å². The smallest absolute Gasteiger partial charge is 0.303 e. The van der Waals surface area contributed by atoms with E-state index in [0.29, 0.717) is 19.4 Å². The van der Waals surface area contributed by atoms with Gasteiger partial charge in [0.05, 0.1) is 5.56 Å². The third kappa shape index (κ3) is 5.42. The molecular formula is C14H19NO4. The first-order valence-electron chi connectivity index (χ1n) is 6.28. The van der Waals surface area contributed by atoms with Crippen LogP contribution < -0.4 is 5.32 Å². The lowest BCUT2D eigenvalue weighted by molar-refractivity contribution is -0.137. The predicted octanol–water partition coefficient (Wildman–Crippen LogP) is 2.01. The van der Waals surface area contributed by atoms with Crippen molar-refractivity contribution in [3.63, 3.8) is 0 Å². The van der Waals surface area contributed by atoms with Crippen LogP contribution in [0.3, 0.4) is 0 Å². The van der Waals surface area contributed by atoms with Gasteiger partial charge in [-0.25, -0.2) is 0 Å². The number of amides is 1. The number of rotatable bonds is 7. The first-order chi connectivity index (χ1) is 9.00. The number of carboxylic acids is 1. The van der Waals surface area contributed by atoms with Crippen molar-refractivity contribution in [2.24, 2.45) is 5.92 Å².